The van der Waals surface area contributed by atoms with Crippen molar-refractivity contribution in [1.29, 1.82) is 0 Å². The lowest BCUT2D eigenvalue weighted by Crippen LogP contribution is -2.32. The van der Waals surface area contributed by atoms with Crippen LogP contribution in [0.5, 0.6) is 17.2 Å². The van der Waals surface area contributed by atoms with Crippen molar-refractivity contribution in [2.24, 2.45) is 0 Å². The third-order valence-electron chi connectivity index (χ3n) is 5.53. The molecule has 8 heteroatoms. The zero-order chi connectivity index (χ0) is 22.5. The van der Waals surface area contributed by atoms with Gasteiger partial charge in [-0.3, -0.25) is 4.79 Å². The van der Waals surface area contributed by atoms with Crippen molar-refractivity contribution in [2.45, 2.75) is 32.2 Å². The van der Waals surface area contributed by atoms with Crippen molar-refractivity contribution in [2.75, 3.05) is 27.4 Å². The van der Waals surface area contributed by atoms with Crippen molar-refractivity contribution >= 4 is 5.91 Å². The number of amides is 1. The van der Waals surface area contributed by atoms with Gasteiger partial charge in [0, 0.05) is 12.1 Å². The van der Waals surface area contributed by atoms with E-state index in [1.807, 2.05) is 42.2 Å². The molecule has 32 heavy (non-hydrogen) atoms. The summed E-state index contributed by atoms with van der Waals surface area (Å²) in [6, 6.07) is 12.9. The highest BCUT2D eigenvalue weighted by molar-refractivity contribution is 5.79. The number of aromatic nitrogens is 2. The van der Waals surface area contributed by atoms with E-state index in [9.17, 15) is 4.79 Å². The first-order valence-electron chi connectivity index (χ1n) is 10.7. The molecule has 4 rings (SSSR count). The second-order valence-electron chi connectivity index (χ2n) is 7.52. The number of ether oxygens (including phenoxy) is 3. The zero-order valence-electron chi connectivity index (χ0n) is 18.5. The molecule has 1 aliphatic heterocycles. The number of carbonyl (C=O) groups is 1. The lowest BCUT2D eigenvalue weighted by atomic mass is 10.1. The smallest absolute Gasteiger partial charge is 0.249 e. The molecule has 2 aromatic carbocycles. The lowest BCUT2D eigenvalue weighted by molar-refractivity contribution is -0.131. The monoisotopic (exact) mass is 437 g/mol. The second-order valence-corrected chi connectivity index (χ2v) is 7.52. The summed E-state index contributed by atoms with van der Waals surface area (Å²) < 4.78 is 21.7. The number of benzene rings is 2. The van der Waals surface area contributed by atoms with Gasteiger partial charge < -0.3 is 23.6 Å². The molecule has 0 spiro atoms. The number of rotatable bonds is 8. The summed E-state index contributed by atoms with van der Waals surface area (Å²) in [6.07, 6.45) is 2.01. The van der Waals surface area contributed by atoms with Gasteiger partial charge in [0.05, 0.1) is 27.2 Å². The number of carbonyl (C=O) groups excluding carboxylic acids is 1. The van der Waals surface area contributed by atoms with Gasteiger partial charge in [0.1, 0.15) is 11.8 Å². The van der Waals surface area contributed by atoms with Gasteiger partial charge in [-0.15, -0.1) is 0 Å². The minimum atomic E-state index is -0.216. The third kappa shape index (κ3) is 4.54. The molecular formula is C24H27N3O5. The Bertz CT molecular complexity index is 1060. The molecule has 1 saturated heterocycles. The van der Waals surface area contributed by atoms with E-state index in [-0.39, 0.29) is 11.9 Å². The molecule has 1 aliphatic rings. The van der Waals surface area contributed by atoms with E-state index < -0.39 is 0 Å². The predicted octanol–water partition coefficient (Wildman–Crippen LogP) is 4.06. The van der Waals surface area contributed by atoms with Crippen LogP contribution in [0.1, 0.15) is 37.3 Å². The average Bonchev–Trinajstić information content (AvgIpc) is 3.50. The van der Waals surface area contributed by atoms with Crippen molar-refractivity contribution < 1.29 is 23.5 Å². The van der Waals surface area contributed by atoms with Crippen LogP contribution in [0.3, 0.4) is 0 Å². The summed E-state index contributed by atoms with van der Waals surface area (Å²) in [5, 5.41) is 4.13. The largest absolute Gasteiger partial charge is 0.494 e. The van der Waals surface area contributed by atoms with Crippen LogP contribution in [0.25, 0.3) is 11.4 Å². The Labute approximate surface area is 187 Å². The van der Waals surface area contributed by atoms with Crippen LogP contribution in [0, 0.1) is 0 Å². The Kier molecular flexibility index (Phi) is 6.58. The van der Waals surface area contributed by atoms with Crippen molar-refractivity contribution in [1.82, 2.24) is 15.0 Å². The van der Waals surface area contributed by atoms with Crippen molar-refractivity contribution in [3.8, 4) is 28.6 Å². The van der Waals surface area contributed by atoms with Gasteiger partial charge in [-0.25, -0.2) is 0 Å². The van der Waals surface area contributed by atoms with Gasteiger partial charge >= 0.3 is 0 Å². The average molecular weight is 437 g/mol. The maximum absolute atomic E-state index is 13.0. The number of hydrogen-bond donors (Lipinski definition) is 0. The molecule has 0 saturated carbocycles. The Morgan fingerprint density at radius 2 is 1.91 bits per heavy atom. The highest BCUT2D eigenvalue weighted by Crippen LogP contribution is 2.35. The Morgan fingerprint density at radius 1 is 1.12 bits per heavy atom. The first-order chi connectivity index (χ1) is 15.6. The molecule has 0 N–H and O–H groups in total. The summed E-state index contributed by atoms with van der Waals surface area (Å²) in [4.78, 5) is 19.4. The molecule has 1 fully saturated rings. The molecule has 168 valence electrons. The van der Waals surface area contributed by atoms with Gasteiger partial charge in [0.25, 0.3) is 0 Å². The highest BCUT2D eigenvalue weighted by Gasteiger charge is 2.34. The van der Waals surface area contributed by atoms with E-state index in [2.05, 4.69) is 10.1 Å². The molecule has 1 atom stereocenters. The number of nitrogens with zero attached hydrogens (tertiary/aromatic N) is 3. The molecular weight excluding hydrogens is 410 g/mol. The van der Waals surface area contributed by atoms with E-state index in [1.54, 1.807) is 26.4 Å². The summed E-state index contributed by atoms with van der Waals surface area (Å²) in [7, 11) is 3.17. The van der Waals surface area contributed by atoms with Gasteiger partial charge in [-0.05, 0) is 55.7 Å². The van der Waals surface area contributed by atoms with Gasteiger partial charge in [0.2, 0.25) is 17.6 Å². The van der Waals surface area contributed by atoms with Gasteiger partial charge in [-0.2, -0.15) is 4.98 Å². The summed E-state index contributed by atoms with van der Waals surface area (Å²) in [5.41, 5.74) is 1.70. The Hall–Kier alpha value is -3.55. The topological polar surface area (TPSA) is 86.9 Å². The quantitative estimate of drug-likeness (QED) is 0.525. The number of hydrogen-bond acceptors (Lipinski definition) is 7. The van der Waals surface area contributed by atoms with Crippen LogP contribution in [0.2, 0.25) is 0 Å². The molecule has 3 aromatic rings. The molecule has 2 heterocycles. The van der Waals surface area contributed by atoms with Crippen molar-refractivity contribution in [3.05, 3.63) is 53.9 Å². The van der Waals surface area contributed by atoms with Crippen LogP contribution < -0.4 is 14.2 Å². The van der Waals surface area contributed by atoms with E-state index in [0.717, 1.165) is 29.7 Å². The van der Waals surface area contributed by atoms with Crippen LogP contribution in [0.15, 0.2) is 47.0 Å². The fourth-order valence-electron chi connectivity index (χ4n) is 3.93. The molecule has 0 aliphatic carbocycles. The molecule has 0 bridgehead atoms. The molecule has 1 amide bonds. The lowest BCUT2D eigenvalue weighted by Gasteiger charge is -2.22. The SMILES string of the molecule is CCOc1ccc(CC(=O)N2CCCC2c2nc(-c3ccc(OC)c(OC)c3)no2)cc1. The van der Waals surface area contributed by atoms with Crippen LogP contribution >= 0.6 is 0 Å². The maximum atomic E-state index is 13.0. The zero-order valence-corrected chi connectivity index (χ0v) is 18.5. The van der Waals surface area contributed by atoms with Crippen LogP contribution in [-0.4, -0.2) is 48.3 Å². The van der Waals surface area contributed by atoms with Crippen molar-refractivity contribution in [3.63, 3.8) is 0 Å². The number of methoxy groups -OCH3 is 2. The van der Waals surface area contributed by atoms with E-state index in [4.69, 9.17) is 18.7 Å². The third-order valence-corrected chi connectivity index (χ3v) is 5.53. The fourth-order valence-corrected chi connectivity index (χ4v) is 3.93. The fraction of sp³-hybridized carbons (Fsp3) is 0.375. The van der Waals surface area contributed by atoms with Gasteiger partial charge in [-0.1, -0.05) is 17.3 Å². The second kappa shape index (κ2) is 9.72. The minimum Gasteiger partial charge on any atom is -0.494 e. The molecule has 0 radical (unpaired) electrons. The van der Waals surface area contributed by atoms with E-state index >= 15 is 0 Å². The normalized spacial score (nSPS) is 15.6. The first-order valence-corrected chi connectivity index (χ1v) is 10.7. The summed E-state index contributed by atoms with van der Waals surface area (Å²) in [6.45, 7) is 3.23. The first kappa shape index (κ1) is 21.7. The Morgan fingerprint density at radius 3 is 2.62 bits per heavy atom. The van der Waals surface area contributed by atoms with E-state index in [1.165, 1.54) is 0 Å². The maximum Gasteiger partial charge on any atom is 0.249 e. The highest BCUT2D eigenvalue weighted by atomic mass is 16.5. The summed E-state index contributed by atoms with van der Waals surface area (Å²) in [5.74, 6) is 2.96. The van der Waals surface area contributed by atoms with Gasteiger partial charge in [0.15, 0.2) is 11.5 Å². The summed E-state index contributed by atoms with van der Waals surface area (Å²) >= 11 is 0. The standard InChI is InChI=1S/C24H27N3O5/c1-4-31-18-10-7-16(8-11-18)14-22(28)27-13-5-6-19(27)24-25-23(26-32-24)17-9-12-20(29-2)21(15-17)30-3/h7-12,15,19H,4-6,13-14H2,1-3H3. The van der Waals surface area contributed by atoms with Crippen LogP contribution in [0.4, 0.5) is 0 Å². The molecule has 1 aromatic heterocycles. The minimum absolute atomic E-state index is 0.0440. The predicted molar refractivity (Wildman–Crippen MR) is 118 cm³/mol. The molecule has 1 unspecified atom stereocenters. The van der Waals surface area contributed by atoms with Crippen LogP contribution in [-0.2, 0) is 11.2 Å². The molecule has 8 nitrogen and oxygen atoms in total. The Balaban J connectivity index is 1.48. The van der Waals surface area contributed by atoms with E-state index in [0.29, 0.717) is 42.8 Å². The number of likely N-dealkylation sites (tertiary alicyclic amines) is 1.